The number of hydrogen-bond donors (Lipinski definition) is 0. The average molecular weight is 293 g/mol. The van der Waals surface area contributed by atoms with Crippen molar-refractivity contribution in [3.63, 3.8) is 0 Å². The van der Waals surface area contributed by atoms with Crippen LogP contribution in [0.5, 0.6) is 0 Å². The molecule has 0 unspecified atom stereocenters. The van der Waals surface area contributed by atoms with Crippen LogP contribution in [0, 0.1) is 5.82 Å². The van der Waals surface area contributed by atoms with Gasteiger partial charge in [-0.15, -0.1) is 5.10 Å². The Morgan fingerprint density at radius 1 is 1.29 bits per heavy atom. The van der Waals surface area contributed by atoms with E-state index in [2.05, 4.69) is 31.0 Å². The number of aromatic nitrogens is 4. The summed E-state index contributed by atoms with van der Waals surface area (Å²) in [6.07, 6.45) is 3.30. The third-order valence-corrected chi connectivity index (χ3v) is 2.68. The van der Waals surface area contributed by atoms with Gasteiger partial charge in [-0.1, -0.05) is 12.1 Å². The number of nitrogens with zero attached hydrogens (tertiary/aromatic N) is 4. The fourth-order valence-corrected chi connectivity index (χ4v) is 1.82. The van der Waals surface area contributed by atoms with Crippen molar-refractivity contribution in [3.05, 3.63) is 47.1 Å². The monoisotopic (exact) mass is 292 g/mol. The summed E-state index contributed by atoms with van der Waals surface area (Å²) >= 11 is 3.25. The van der Waals surface area contributed by atoms with Crippen molar-refractivity contribution in [3.8, 4) is 11.4 Å². The maximum Gasteiger partial charge on any atom is 0.182 e. The molecule has 17 heavy (non-hydrogen) atoms. The second-order valence-corrected chi connectivity index (χ2v) is 4.27. The van der Waals surface area contributed by atoms with Crippen LogP contribution < -0.4 is 0 Å². The molecule has 0 radical (unpaired) electrons. The number of benzene rings is 1. The van der Waals surface area contributed by atoms with E-state index < -0.39 is 0 Å². The molecule has 0 saturated heterocycles. The minimum Gasteiger partial charge on any atom is -0.244 e. The van der Waals surface area contributed by atoms with E-state index in [0.29, 0.717) is 21.6 Å². The topological polar surface area (TPSA) is 43.1 Å². The van der Waals surface area contributed by atoms with Gasteiger partial charge in [0.05, 0.1) is 12.4 Å². The van der Waals surface area contributed by atoms with Crippen LogP contribution in [-0.4, -0.2) is 19.6 Å². The molecular weight excluding hydrogens is 287 g/mol. The number of fused-ring (bicyclic) bond motifs is 1. The predicted molar refractivity (Wildman–Crippen MR) is 63.9 cm³/mol. The SMILES string of the molecule is Fc1cccc(-c2nc3cnc(Br)cn3n2)c1. The molecule has 0 aliphatic carbocycles. The van der Waals surface area contributed by atoms with E-state index in [9.17, 15) is 4.39 Å². The Hall–Kier alpha value is -1.82. The van der Waals surface area contributed by atoms with Crippen LogP contribution in [0.4, 0.5) is 4.39 Å². The first-order chi connectivity index (χ1) is 8.22. The first-order valence-electron chi connectivity index (χ1n) is 4.86. The van der Waals surface area contributed by atoms with Gasteiger partial charge in [0.25, 0.3) is 0 Å². The summed E-state index contributed by atoms with van der Waals surface area (Å²) in [4.78, 5) is 8.32. The van der Waals surface area contributed by atoms with Crippen molar-refractivity contribution in [2.45, 2.75) is 0 Å². The van der Waals surface area contributed by atoms with Crippen molar-refractivity contribution in [1.29, 1.82) is 0 Å². The number of halogens is 2. The van der Waals surface area contributed by atoms with Crippen LogP contribution in [0.2, 0.25) is 0 Å². The molecule has 1 aromatic carbocycles. The van der Waals surface area contributed by atoms with Gasteiger partial charge in [0.15, 0.2) is 11.5 Å². The summed E-state index contributed by atoms with van der Waals surface area (Å²) in [5.41, 5.74) is 1.26. The summed E-state index contributed by atoms with van der Waals surface area (Å²) in [7, 11) is 0. The Labute approximate surface area is 104 Å². The molecule has 0 aliphatic rings. The molecule has 0 fully saturated rings. The highest BCUT2D eigenvalue weighted by atomic mass is 79.9. The largest absolute Gasteiger partial charge is 0.244 e. The van der Waals surface area contributed by atoms with Crippen molar-refractivity contribution in [2.75, 3.05) is 0 Å². The summed E-state index contributed by atoms with van der Waals surface area (Å²) in [5, 5.41) is 4.25. The molecule has 0 bridgehead atoms. The van der Waals surface area contributed by atoms with Crippen molar-refractivity contribution in [2.24, 2.45) is 0 Å². The maximum atomic E-state index is 13.1. The van der Waals surface area contributed by atoms with Gasteiger partial charge < -0.3 is 0 Å². The second-order valence-electron chi connectivity index (χ2n) is 3.46. The van der Waals surface area contributed by atoms with Crippen LogP contribution in [0.15, 0.2) is 41.3 Å². The van der Waals surface area contributed by atoms with E-state index in [-0.39, 0.29) is 5.82 Å². The zero-order chi connectivity index (χ0) is 11.8. The first-order valence-corrected chi connectivity index (χ1v) is 5.65. The summed E-state index contributed by atoms with van der Waals surface area (Å²) < 4.78 is 15.4. The highest BCUT2D eigenvalue weighted by Gasteiger charge is 2.07. The second kappa shape index (κ2) is 3.89. The Morgan fingerprint density at radius 2 is 2.18 bits per heavy atom. The van der Waals surface area contributed by atoms with Crippen LogP contribution in [0.25, 0.3) is 17.0 Å². The van der Waals surface area contributed by atoms with Crippen molar-refractivity contribution in [1.82, 2.24) is 19.6 Å². The molecule has 84 valence electrons. The molecule has 6 heteroatoms. The highest BCUT2D eigenvalue weighted by Crippen LogP contribution is 2.17. The molecule has 0 saturated carbocycles. The lowest BCUT2D eigenvalue weighted by molar-refractivity contribution is 0.628. The lowest BCUT2D eigenvalue weighted by atomic mass is 10.2. The van der Waals surface area contributed by atoms with Gasteiger partial charge in [0.2, 0.25) is 0 Å². The third-order valence-electron chi connectivity index (χ3n) is 2.27. The van der Waals surface area contributed by atoms with Crippen LogP contribution in [-0.2, 0) is 0 Å². The van der Waals surface area contributed by atoms with E-state index in [0.717, 1.165) is 0 Å². The number of rotatable bonds is 1. The third kappa shape index (κ3) is 1.91. The fraction of sp³-hybridized carbons (Fsp3) is 0. The summed E-state index contributed by atoms with van der Waals surface area (Å²) in [5.74, 6) is 0.171. The smallest absolute Gasteiger partial charge is 0.182 e. The van der Waals surface area contributed by atoms with Crippen molar-refractivity contribution >= 4 is 21.6 Å². The van der Waals surface area contributed by atoms with E-state index in [1.54, 1.807) is 29.0 Å². The number of hydrogen-bond acceptors (Lipinski definition) is 3. The van der Waals surface area contributed by atoms with Crippen LogP contribution >= 0.6 is 15.9 Å². The molecule has 0 aliphatic heterocycles. The Bertz CT molecular complexity index is 695. The van der Waals surface area contributed by atoms with Crippen molar-refractivity contribution < 1.29 is 4.39 Å². The van der Waals surface area contributed by atoms with E-state index in [1.807, 2.05) is 0 Å². The van der Waals surface area contributed by atoms with Crippen LogP contribution in [0.1, 0.15) is 0 Å². The molecule has 0 spiro atoms. The molecule has 4 nitrogen and oxygen atoms in total. The molecule has 3 rings (SSSR count). The molecule has 0 amide bonds. The van der Waals surface area contributed by atoms with Gasteiger partial charge in [-0.25, -0.2) is 18.9 Å². The molecule has 2 aromatic heterocycles. The standard InChI is InChI=1S/C11H6BrFN4/c12-9-6-17-10(5-14-9)15-11(16-17)7-2-1-3-8(13)4-7/h1-6H. The minimum absolute atomic E-state index is 0.305. The molecule has 2 heterocycles. The Kier molecular flexibility index (Phi) is 2.36. The minimum atomic E-state index is -0.305. The zero-order valence-electron chi connectivity index (χ0n) is 8.51. The summed E-state index contributed by atoms with van der Waals surface area (Å²) in [6, 6.07) is 6.18. The van der Waals surface area contributed by atoms with Gasteiger partial charge in [-0.2, -0.15) is 0 Å². The van der Waals surface area contributed by atoms with E-state index in [1.165, 1.54) is 12.1 Å². The predicted octanol–water partition coefficient (Wildman–Crippen LogP) is 2.69. The van der Waals surface area contributed by atoms with Gasteiger partial charge in [0.1, 0.15) is 10.4 Å². The van der Waals surface area contributed by atoms with E-state index >= 15 is 0 Å². The molecular formula is C11H6BrFN4. The molecule has 3 aromatic rings. The average Bonchev–Trinajstić information content (AvgIpc) is 2.72. The molecule has 0 N–H and O–H groups in total. The van der Waals surface area contributed by atoms with Crippen LogP contribution in [0.3, 0.4) is 0 Å². The quantitative estimate of drug-likeness (QED) is 0.693. The van der Waals surface area contributed by atoms with Gasteiger partial charge >= 0.3 is 0 Å². The fourth-order valence-electron chi connectivity index (χ4n) is 1.52. The van der Waals surface area contributed by atoms with Gasteiger partial charge in [-0.05, 0) is 28.1 Å². The van der Waals surface area contributed by atoms with Gasteiger partial charge in [0, 0.05) is 5.56 Å². The zero-order valence-corrected chi connectivity index (χ0v) is 10.1. The lowest BCUT2D eigenvalue weighted by Crippen LogP contribution is -1.88. The normalized spacial score (nSPS) is 10.9. The highest BCUT2D eigenvalue weighted by molar-refractivity contribution is 9.10. The van der Waals surface area contributed by atoms with Gasteiger partial charge in [-0.3, -0.25) is 0 Å². The summed E-state index contributed by atoms with van der Waals surface area (Å²) in [6.45, 7) is 0. The Morgan fingerprint density at radius 3 is 3.00 bits per heavy atom. The first kappa shape index (κ1) is 10.3. The molecule has 0 atom stereocenters. The Balaban J connectivity index is 2.18. The van der Waals surface area contributed by atoms with E-state index in [4.69, 9.17) is 0 Å². The lowest BCUT2D eigenvalue weighted by Gasteiger charge is -1.93. The maximum absolute atomic E-state index is 13.1.